The molecular weight excluding hydrogens is 282 g/mol. The second-order valence-electron chi connectivity index (χ2n) is 5.87. The van der Waals surface area contributed by atoms with E-state index in [0.29, 0.717) is 24.2 Å². The lowest BCUT2D eigenvalue weighted by molar-refractivity contribution is 0.134. The summed E-state index contributed by atoms with van der Waals surface area (Å²) >= 11 is 0. The van der Waals surface area contributed by atoms with Gasteiger partial charge in [-0.15, -0.1) is 0 Å². The average molecular weight is 305 g/mol. The first-order valence-corrected chi connectivity index (χ1v) is 7.86. The van der Waals surface area contributed by atoms with Crippen LogP contribution in [0, 0.1) is 6.92 Å². The number of hydrogen-bond acceptors (Lipinski definition) is 6. The van der Waals surface area contributed by atoms with Gasteiger partial charge in [0.25, 0.3) is 0 Å². The van der Waals surface area contributed by atoms with Crippen LogP contribution in [0.4, 0.5) is 0 Å². The van der Waals surface area contributed by atoms with Gasteiger partial charge < -0.3 is 9.63 Å². The van der Waals surface area contributed by atoms with Crippen LogP contribution in [0.2, 0.25) is 0 Å². The smallest absolute Gasteiger partial charge is 0.243 e. The van der Waals surface area contributed by atoms with Gasteiger partial charge in [-0.05, 0) is 45.8 Å². The third-order valence-corrected chi connectivity index (χ3v) is 4.46. The van der Waals surface area contributed by atoms with Gasteiger partial charge in [-0.25, -0.2) is 0 Å². The molecule has 22 heavy (non-hydrogen) atoms. The number of piperidine rings is 1. The monoisotopic (exact) mass is 305 g/mol. The summed E-state index contributed by atoms with van der Waals surface area (Å²) in [4.78, 5) is 6.72. The Hall–Kier alpha value is -1.73. The van der Waals surface area contributed by atoms with Crippen LogP contribution in [0.3, 0.4) is 0 Å². The number of aromatic nitrogens is 4. The molecule has 0 radical (unpaired) electrons. The molecule has 1 atom stereocenters. The fourth-order valence-corrected chi connectivity index (χ4v) is 3.19. The average Bonchev–Trinajstić information content (AvgIpc) is 3.16. The van der Waals surface area contributed by atoms with Crippen LogP contribution in [0.15, 0.2) is 16.8 Å². The maximum atomic E-state index is 9.11. The highest BCUT2D eigenvalue weighted by atomic mass is 16.5. The van der Waals surface area contributed by atoms with Crippen molar-refractivity contribution in [1.29, 1.82) is 0 Å². The highest BCUT2D eigenvalue weighted by Crippen LogP contribution is 2.31. The molecule has 0 bridgehead atoms. The van der Waals surface area contributed by atoms with E-state index in [2.05, 4.69) is 33.1 Å². The highest BCUT2D eigenvalue weighted by molar-refractivity contribution is 5.09. The molecule has 1 fully saturated rings. The van der Waals surface area contributed by atoms with Crippen molar-refractivity contribution in [3.8, 4) is 0 Å². The molecule has 0 unspecified atom stereocenters. The van der Waals surface area contributed by atoms with Crippen molar-refractivity contribution >= 4 is 0 Å². The van der Waals surface area contributed by atoms with E-state index in [-0.39, 0.29) is 12.6 Å². The molecule has 2 aromatic rings. The Morgan fingerprint density at radius 3 is 2.82 bits per heavy atom. The summed E-state index contributed by atoms with van der Waals surface area (Å²) in [6.07, 6.45) is 3.98. The summed E-state index contributed by atoms with van der Waals surface area (Å²) in [6.45, 7) is 6.65. The predicted octanol–water partition coefficient (Wildman–Crippen LogP) is 1.51. The molecule has 1 aliphatic rings. The molecule has 1 N–H and O–H groups in total. The lowest BCUT2D eigenvalue weighted by Gasteiger charge is -2.34. The minimum absolute atomic E-state index is 0.126. The van der Waals surface area contributed by atoms with Gasteiger partial charge in [0.15, 0.2) is 5.82 Å². The van der Waals surface area contributed by atoms with Crippen molar-refractivity contribution in [3.63, 3.8) is 0 Å². The summed E-state index contributed by atoms with van der Waals surface area (Å²) < 4.78 is 7.21. The summed E-state index contributed by atoms with van der Waals surface area (Å²) in [5, 5.41) is 17.3. The van der Waals surface area contributed by atoms with Gasteiger partial charge in [0.2, 0.25) is 5.89 Å². The van der Waals surface area contributed by atoms with E-state index in [1.54, 1.807) is 0 Å². The lowest BCUT2D eigenvalue weighted by atomic mass is 9.92. The Kier molecular flexibility index (Phi) is 4.54. The third-order valence-electron chi connectivity index (χ3n) is 4.46. The molecular formula is C15H23N5O2. The second kappa shape index (κ2) is 6.58. The normalized spacial score (nSPS) is 18.7. The molecule has 3 heterocycles. The zero-order valence-corrected chi connectivity index (χ0v) is 13.1. The van der Waals surface area contributed by atoms with Crippen LogP contribution in [-0.2, 0) is 6.54 Å². The van der Waals surface area contributed by atoms with E-state index in [1.165, 1.54) is 5.69 Å². The lowest BCUT2D eigenvalue weighted by Crippen LogP contribution is -2.35. The van der Waals surface area contributed by atoms with Crippen LogP contribution in [0.1, 0.15) is 49.1 Å². The summed E-state index contributed by atoms with van der Waals surface area (Å²) in [5.74, 6) is 1.88. The topological polar surface area (TPSA) is 80.2 Å². The van der Waals surface area contributed by atoms with E-state index in [9.17, 15) is 0 Å². The van der Waals surface area contributed by atoms with Crippen LogP contribution < -0.4 is 0 Å². The van der Waals surface area contributed by atoms with Crippen molar-refractivity contribution < 1.29 is 9.63 Å². The van der Waals surface area contributed by atoms with Gasteiger partial charge in [0.1, 0.15) is 0 Å². The quantitative estimate of drug-likeness (QED) is 0.902. The number of aryl methyl sites for hydroxylation is 1. The number of aliphatic hydroxyl groups is 1. The molecule has 0 spiro atoms. The van der Waals surface area contributed by atoms with Gasteiger partial charge in [-0.1, -0.05) is 5.16 Å². The Morgan fingerprint density at radius 1 is 1.41 bits per heavy atom. The van der Waals surface area contributed by atoms with E-state index < -0.39 is 0 Å². The van der Waals surface area contributed by atoms with Crippen molar-refractivity contribution in [2.45, 2.75) is 45.2 Å². The number of nitrogens with zero attached hydrogens (tertiary/aromatic N) is 5. The largest absolute Gasteiger partial charge is 0.394 e. The van der Waals surface area contributed by atoms with Crippen LogP contribution in [-0.4, -0.2) is 49.6 Å². The zero-order chi connectivity index (χ0) is 15.5. The van der Waals surface area contributed by atoms with E-state index in [0.717, 1.165) is 25.9 Å². The predicted molar refractivity (Wildman–Crippen MR) is 80.3 cm³/mol. The van der Waals surface area contributed by atoms with Crippen molar-refractivity contribution in [3.05, 3.63) is 29.7 Å². The second-order valence-corrected chi connectivity index (χ2v) is 5.87. The number of rotatable bonds is 5. The van der Waals surface area contributed by atoms with Crippen LogP contribution >= 0.6 is 0 Å². The molecule has 7 heteroatoms. The van der Waals surface area contributed by atoms with Crippen LogP contribution in [0.25, 0.3) is 0 Å². The highest BCUT2D eigenvalue weighted by Gasteiger charge is 2.28. The van der Waals surface area contributed by atoms with Gasteiger partial charge in [0.05, 0.1) is 19.2 Å². The van der Waals surface area contributed by atoms with E-state index in [4.69, 9.17) is 9.63 Å². The standard InChI is InChI=1S/C15H23N5O2/c1-11(15-17-12(2)18-22-15)19-7-4-13(5-8-19)14-3-6-16-20(14)9-10-21/h3,6,11,13,21H,4-5,7-10H2,1-2H3/t11-/m1/s1. The molecule has 0 saturated carbocycles. The molecule has 0 aromatic carbocycles. The molecule has 3 rings (SSSR count). The SMILES string of the molecule is Cc1noc([C@@H](C)N2CCC(c3ccnn3CCO)CC2)n1. The van der Waals surface area contributed by atoms with Crippen LogP contribution in [0.5, 0.6) is 0 Å². The van der Waals surface area contributed by atoms with Gasteiger partial charge in [-0.2, -0.15) is 10.1 Å². The van der Waals surface area contributed by atoms with Crippen molar-refractivity contribution in [1.82, 2.24) is 24.8 Å². The fourth-order valence-electron chi connectivity index (χ4n) is 3.19. The Balaban J connectivity index is 1.61. The van der Waals surface area contributed by atoms with Crippen molar-refractivity contribution in [2.24, 2.45) is 0 Å². The molecule has 0 aliphatic carbocycles. The fraction of sp³-hybridized carbons (Fsp3) is 0.667. The van der Waals surface area contributed by atoms with Gasteiger partial charge >= 0.3 is 0 Å². The molecule has 0 amide bonds. The summed E-state index contributed by atoms with van der Waals surface area (Å²) in [6, 6.07) is 2.23. The van der Waals surface area contributed by atoms with Crippen molar-refractivity contribution in [2.75, 3.05) is 19.7 Å². The first-order valence-electron chi connectivity index (χ1n) is 7.86. The summed E-state index contributed by atoms with van der Waals surface area (Å²) in [5.41, 5.74) is 1.23. The molecule has 2 aromatic heterocycles. The Labute approximate surface area is 129 Å². The van der Waals surface area contributed by atoms with E-state index >= 15 is 0 Å². The molecule has 1 aliphatic heterocycles. The minimum Gasteiger partial charge on any atom is -0.394 e. The first kappa shape index (κ1) is 15.2. The molecule has 120 valence electrons. The third kappa shape index (κ3) is 3.05. The Morgan fingerprint density at radius 2 is 2.18 bits per heavy atom. The maximum absolute atomic E-state index is 9.11. The maximum Gasteiger partial charge on any atom is 0.243 e. The molecule has 1 saturated heterocycles. The van der Waals surface area contributed by atoms with Gasteiger partial charge in [0, 0.05) is 17.8 Å². The summed E-state index contributed by atoms with van der Waals surface area (Å²) in [7, 11) is 0. The number of hydrogen-bond donors (Lipinski definition) is 1. The van der Waals surface area contributed by atoms with Gasteiger partial charge in [-0.3, -0.25) is 9.58 Å². The van der Waals surface area contributed by atoms with E-state index in [1.807, 2.05) is 17.8 Å². The Bertz CT molecular complexity index is 601. The molecule has 7 nitrogen and oxygen atoms in total. The first-order chi connectivity index (χ1) is 10.7. The zero-order valence-electron chi connectivity index (χ0n) is 13.1. The minimum atomic E-state index is 0.126. The number of likely N-dealkylation sites (tertiary alicyclic amines) is 1. The number of aliphatic hydroxyl groups excluding tert-OH is 1.